The Morgan fingerprint density at radius 2 is 1.67 bits per heavy atom. The van der Waals surface area contributed by atoms with Crippen molar-refractivity contribution in [3.8, 4) is 16.9 Å². The number of rotatable bonds is 10. The van der Waals surface area contributed by atoms with Crippen molar-refractivity contribution in [1.29, 1.82) is 0 Å². The van der Waals surface area contributed by atoms with Crippen LogP contribution in [-0.2, 0) is 6.42 Å². The third-order valence-electron chi connectivity index (χ3n) is 9.37. The van der Waals surface area contributed by atoms with Gasteiger partial charge in [0, 0.05) is 81.2 Å². The van der Waals surface area contributed by atoms with Gasteiger partial charge in [0.25, 0.3) is 0 Å². The molecule has 2 aromatic heterocycles. The van der Waals surface area contributed by atoms with E-state index in [-0.39, 0.29) is 0 Å². The predicted molar refractivity (Wildman–Crippen MR) is 201 cm³/mol. The van der Waals surface area contributed by atoms with Crippen LogP contribution in [0.4, 0.5) is 28.8 Å². The van der Waals surface area contributed by atoms with Gasteiger partial charge in [0.2, 0.25) is 5.95 Å². The summed E-state index contributed by atoms with van der Waals surface area (Å²) in [5.41, 5.74) is 5.90. The molecule has 0 amide bonds. The third kappa shape index (κ3) is 7.90. The molecule has 0 atom stereocenters. The fourth-order valence-corrected chi connectivity index (χ4v) is 8.06. The lowest BCUT2D eigenvalue weighted by molar-refractivity contribution is 0.0982. The molecule has 0 bridgehead atoms. The lowest BCUT2D eigenvalue weighted by atomic mass is 9.99. The van der Waals surface area contributed by atoms with Gasteiger partial charge in [-0.3, -0.25) is 4.90 Å². The Balaban J connectivity index is 1.21. The maximum absolute atomic E-state index is 11.2. The number of hydrogen-bond donors (Lipinski definition) is 3. The number of nitrogens with zero attached hydrogens (tertiary/aromatic N) is 7. The fourth-order valence-electron chi connectivity index (χ4n) is 6.60. The van der Waals surface area contributed by atoms with Gasteiger partial charge in [-0.05, 0) is 71.6 Å². The van der Waals surface area contributed by atoms with Crippen molar-refractivity contribution >= 4 is 57.6 Å². The zero-order valence-corrected chi connectivity index (χ0v) is 30.9. The second-order valence-corrected chi connectivity index (χ2v) is 17.1. The highest BCUT2D eigenvalue weighted by Gasteiger charge is 2.31. The third-order valence-corrected chi connectivity index (χ3v) is 11.5. The van der Waals surface area contributed by atoms with Crippen LogP contribution < -0.4 is 25.6 Å². The molecule has 2 fully saturated rings. The number of halogens is 1. The molecule has 2 aliphatic heterocycles. The van der Waals surface area contributed by atoms with Crippen LogP contribution in [0.25, 0.3) is 11.1 Å². The van der Waals surface area contributed by atoms with Gasteiger partial charge in [-0.2, -0.15) is 4.98 Å². The topological polar surface area (TPSA) is 115 Å². The first-order valence-electron chi connectivity index (χ1n) is 16.5. The summed E-state index contributed by atoms with van der Waals surface area (Å²) in [4.78, 5) is 36.5. The Labute approximate surface area is 292 Å². The molecule has 2 saturated heterocycles. The van der Waals surface area contributed by atoms with E-state index in [1.807, 2.05) is 31.5 Å². The van der Waals surface area contributed by atoms with E-state index in [9.17, 15) is 4.89 Å². The van der Waals surface area contributed by atoms with Gasteiger partial charge < -0.3 is 25.2 Å². The molecule has 0 radical (unpaired) electrons. The van der Waals surface area contributed by atoms with Gasteiger partial charge in [-0.15, -0.1) is 0 Å². The molecule has 2 aromatic carbocycles. The van der Waals surface area contributed by atoms with Crippen LogP contribution in [0.5, 0.6) is 5.75 Å². The minimum Gasteiger partial charge on any atom is -0.494 e. The Bertz CT molecular complexity index is 1710. The summed E-state index contributed by atoms with van der Waals surface area (Å²) in [6.07, 6.45) is 10.0. The Hall–Kier alpha value is -3.41. The summed E-state index contributed by atoms with van der Waals surface area (Å²) in [7, 11) is 1.50. The van der Waals surface area contributed by atoms with E-state index in [0.29, 0.717) is 22.3 Å². The van der Waals surface area contributed by atoms with E-state index in [1.165, 1.54) is 43.5 Å². The normalized spacial score (nSPS) is 16.6. The van der Waals surface area contributed by atoms with Crippen LogP contribution in [0.2, 0.25) is 0 Å². The van der Waals surface area contributed by atoms with Crippen molar-refractivity contribution < 1.29 is 9.63 Å². The molecule has 6 rings (SSSR count). The fraction of sp³-hybridized carbons (Fsp3) is 0.429. The van der Waals surface area contributed by atoms with Crippen LogP contribution in [0.3, 0.4) is 0 Å². The standard InChI is InChI=1S/C35H46BrN9O2P/c1-6-24-17-30(32(47-3)19-31(24)45-11-9-27(10-12-45)44-15-13-43(2)14-16-44)41-35-39-22-28(36)34(42-35)40-29-8-7-25(18-33(29)48(4,5)46)26-20-37-23-38-21-26/h7-8,17-23,27,46H,6,9-16H2,1-5H3,(H2,39,40,41,42)/q+1. The molecule has 0 aliphatic carbocycles. The Morgan fingerprint density at radius 3 is 2.33 bits per heavy atom. The summed E-state index contributed by atoms with van der Waals surface area (Å²) >= 11 is 3.62. The van der Waals surface area contributed by atoms with E-state index >= 15 is 0 Å². The number of anilines is 5. The summed E-state index contributed by atoms with van der Waals surface area (Å²) < 4.78 is 6.61. The predicted octanol–water partition coefficient (Wildman–Crippen LogP) is 5.78. The molecular formula is C35H46BrN9O2P+. The number of nitrogens with one attached hydrogen (secondary N) is 2. The average molecular weight is 736 g/mol. The molecule has 0 spiro atoms. The molecule has 3 N–H and O–H groups in total. The lowest BCUT2D eigenvalue weighted by Gasteiger charge is -2.43. The van der Waals surface area contributed by atoms with Crippen LogP contribution in [0, 0.1) is 0 Å². The number of ether oxygens (including phenoxy) is 1. The van der Waals surface area contributed by atoms with Gasteiger partial charge >= 0.3 is 0 Å². The second kappa shape index (κ2) is 15.0. The number of methoxy groups -OCH3 is 1. The molecule has 13 heteroatoms. The second-order valence-electron chi connectivity index (χ2n) is 13.0. The monoisotopic (exact) mass is 734 g/mol. The highest BCUT2D eigenvalue weighted by Crippen LogP contribution is 2.48. The van der Waals surface area contributed by atoms with Crippen molar-refractivity contribution in [1.82, 2.24) is 29.7 Å². The highest BCUT2D eigenvalue weighted by molar-refractivity contribution is 9.10. The SMILES string of the molecule is CCc1cc(Nc2ncc(Br)c(Nc3ccc(-c4cncnc4)cc3[P+](C)(C)O)n2)c(OC)cc1N1CCC(N2CCN(C)CC2)CC1. The first-order valence-corrected chi connectivity index (χ1v) is 20.0. The van der Waals surface area contributed by atoms with Crippen LogP contribution in [-0.4, -0.2) is 107 Å². The number of likely N-dealkylation sites (N-methyl/N-ethyl adjacent to an activating group) is 1. The van der Waals surface area contributed by atoms with Crippen molar-refractivity contribution in [3.05, 3.63) is 65.3 Å². The number of aryl methyl sites for hydroxylation is 1. The molecule has 0 saturated carbocycles. The van der Waals surface area contributed by atoms with Gasteiger partial charge in [0.15, 0.2) is 13.3 Å². The lowest BCUT2D eigenvalue weighted by Crippen LogP contribution is -2.52. The van der Waals surface area contributed by atoms with Crippen molar-refractivity contribution in [2.24, 2.45) is 0 Å². The molecule has 48 heavy (non-hydrogen) atoms. The first kappa shape index (κ1) is 34.5. The molecule has 4 heterocycles. The number of aromatic nitrogens is 4. The van der Waals surface area contributed by atoms with Crippen LogP contribution in [0.15, 0.2) is 59.7 Å². The summed E-state index contributed by atoms with van der Waals surface area (Å²) in [5, 5.41) is 7.68. The van der Waals surface area contributed by atoms with Crippen molar-refractivity contribution in [2.75, 3.05) is 82.3 Å². The largest absolute Gasteiger partial charge is 0.494 e. The van der Waals surface area contributed by atoms with Crippen LogP contribution >= 0.6 is 23.4 Å². The molecule has 2 aliphatic rings. The average Bonchev–Trinajstić information content (AvgIpc) is 3.10. The maximum Gasteiger partial charge on any atom is 0.229 e. The van der Waals surface area contributed by atoms with Gasteiger partial charge in [-0.1, -0.05) is 13.0 Å². The van der Waals surface area contributed by atoms with E-state index in [2.05, 4.69) is 82.3 Å². The summed E-state index contributed by atoms with van der Waals surface area (Å²) in [6, 6.07) is 10.9. The van der Waals surface area contributed by atoms with E-state index in [4.69, 9.17) is 9.72 Å². The smallest absolute Gasteiger partial charge is 0.229 e. The van der Waals surface area contributed by atoms with E-state index in [1.54, 1.807) is 25.7 Å². The minimum atomic E-state index is -2.42. The van der Waals surface area contributed by atoms with Gasteiger partial charge in [-0.25, -0.2) is 19.8 Å². The zero-order valence-electron chi connectivity index (χ0n) is 28.4. The molecule has 0 unspecified atom stereocenters. The van der Waals surface area contributed by atoms with Crippen molar-refractivity contribution in [3.63, 3.8) is 0 Å². The molecule has 254 valence electrons. The maximum atomic E-state index is 11.2. The van der Waals surface area contributed by atoms with E-state index in [0.717, 1.165) is 66.2 Å². The number of hydrogen-bond acceptors (Lipinski definition) is 11. The zero-order chi connectivity index (χ0) is 33.8. The Kier molecular flexibility index (Phi) is 10.8. The van der Waals surface area contributed by atoms with Gasteiger partial charge in [0.05, 0.1) is 36.3 Å². The number of benzene rings is 2. The summed E-state index contributed by atoms with van der Waals surface area (Å²) in [6.45, 7) is 12.7. The van der Waals surface area contributed by atoms with E-state index < -0.39 is 7.49 Å². The summed E-state index contributed by atoms with van der Waals surface area (Å²) in [5.74, 6) is 1.76. The van der Waals surface area contributed by atoms with Crippen molar-refractivity contribution in [2.45, 2.75) is 32.2 Å². The minimum absolute atomic E-state index is 0.430. The molecule has 11 nitrogen and oxygen atoms in total. The number of piperidine rings is 1. The molecule has 4 aromatic rings. The van der Waals surface area contributed by atoms with Gasteiger partial charge in [0.1, 0.15) is 17.4 Å². The molecular weight excluding hydrogens is 689 g/mol. The highest BCUT2D eigenvalue weighted by atomic mass is 79.9. The first-order chi connectivity index (χ1) is 23.1. The quantitative estimate of drug-likeness (QED) is 0.172. The number of piperazine rings is 1. The Morgan fingerprint density at radius 1 is 0.938 bits per heavy atom. The van der Waals surface area contributed by atoms with Crippen LogP contribution in [0.1, 0.15) is 25.3 Å².